The van der Waals surface area contributed by atoms with Crippen molar-refractivity contribution in [2.24, 2.45) is 5.92 Å². The number of nitrogens with one attached hydrogen (secondary N) is 1. The minimum atomic E-state index is -3.53. The number of nitrogens with zero attached hydrogens (tertiary/aromatic N) is 2. The molecule has 0 aromatic heterocycles. The Hall–Kier alpha value is -1.44. The molecule has 0 saturated carbocycles. The van der Waals surface area contributed by atoms with Gasteiger partial charge in [-0.25, -0.2) is 8.42 Å². The molecule has 1 N–H and O–H groups in total. The first-order valence-corrected chi connectivity index (χ1v) is 12.5. The molecule has 2 atom stereocenters. The summed E-state index contributed by atoms with van der Waals surface area (Å²) in [5, 5.41) is 3.05. The molecule has 3 rings (SSSR count). The van der Waals surface area contributed by atoms with E-state index in [1.807, 2.05) is 0 Å². The maximum atomic E-state index is 12.8. The van der Waals surface area contributed by atoms with Crippen LogP contribution in [0.15, 0.2) is 35.2 Å². The number of hydrogen-bond donors (Lipinski definition) is 1. The maximum Gasteiger partial charge on any atom is 0.243 e. The molecule has 1 aromatic carbocycles. The molecule has 0 spiro atoms. The van der Waals surface area contributed by atoms with Crippen LogP contribution in [0.25, 0.3) is 0 Å². The lowest BCUT2D eigenvalue weighted by Crippen LogP contribution is -2.46. The van der Waals surface area contributed by atoms with Gasteiger partial charge in [0.2, 0.25) is 15.9 Å². The van der Waals surface area contributed by atoms with Gasteiger partial charge in [0.05, 0.1) is 10.8 Å². The van der Waals surface area contributed by atoms with Crippen LogP contribution in [0.1, 0.15) is 51.9 Å². The Labute approximate surface area is 175 Å². The van der Waals surface area contributed by atoms with E-state index in [-0.39, 0.29) is 18.4 Å². The Balaban J connectivity index is 1.46. The summed E-state index contributed by atoms with van der Waals surface area (Å²) in [6.07, 6.45) is 7.50. The molecule has 29 heavy (non-hydrogen) atoms. The summed E-state index contributed by atoms with van der Waals surface area (Å²) < 4.78 is 27.1. The molecule has 2 fully saturated rings. The predicted molar refractivity (Wildman–Crippen MR) is 115 cm³/mol. The van der Waals surface area contributed by atoms with E-state index in [4.69, 9.17) is 0 Å². The van der Waals surface area contributed by atoms with Crippen molar-refractivity contribution < 1.29 is 13.2 Å². The van der Waals surface area contributed by atoms with Crippen molar-refractivity contribution >= 4 is 15.9 Å². The molecule has 6 nitrogen and oxygen atoms in total. The highest BCUT2D eigenvalue weighted by Gasteiger charge is 2.33. The molecular weight excluding hydrogens is 386 g/mol. The van der Waals surface area contributed by atoms with Gasteiger partial charge in [0.25, 0.3) is 0 Å². The molecule has 1 aromatic rings. The SMILES string of the molecule is CC[C@@H]1CCCCN1CCCNC(=O)[C@@H]1CCCN(S(=O)(=O)c2ccccc2)C1. The molecule has 0 bridgehead atoms. The van der Waals surface area contributed by atoms with Crippen molar-refractivity contribution in [3.8, 4) is 0 Å². The topological polar surface area (TPSA) is 69.7 Å². The second-order valence-electron chi connectivity index (χ2n) is 8.25. The van der Waals surface area contributed by atoms with Crippen LogP contribution >= 0.6 is 0 Å². The molecule has 0 unspecified atom stereocenters. The lowest BCUT2D eigenvalue weighted by atomic mass is 9.98. The van der Waals surface area contributed by atoms with E-state index in [2.05, 4.69) is 17.1 Å². The number of carbonyl (C=O) groups is 1. The van der Waals surface area contributed by atoms with Crippen molar-refractivity contribution in [3.63, 3.8) is 0 Å². The quantitative estimate of drug-likeness (QED) is 0.656. The Morgan fingerprint density at radius 1 is 1.10 bits per heavy atom. The van der Waals surface area contributed by atoms with Gasteiger partial charge in [0.15, 0.2) is 0 Å². The lowest BCUT2D eigenvalue weighted by Gasteiger charge is -2.35. The predicted octanol–water partition coefficient (Wildman–Crippen LogP) is 2.86. The van der Waals surface area contributed by atoms with Crippen molar-refractivity contribution in [1.82, 2.24) is 14.5 Å². The molecule has 2 heterocycles. The fraction of sp³-hybridized carbons (Fsp3) is 0.682. The van der Waals surface area contributed by atoms with E-state index < -0.39 is 10.0 Å². The van der Waals surface area contributed by atoms with Gasteiger partial charge in [0, 0.05) is 32.2 Å². The largest absolute Gasteiger partial charge is 0.356 e. The van der Waals surface area contributed by atoms with Crippen LogP contribution < -0.4 is 5.32 Å². The highest BCUT2D eigenvalue weighted by molar-refractivity contribution is 7.89. The molecule has 2 saturated heterocycles. The normalized spacial score (nSPS) is 24.3. The van der Waals surface area contributed by atoms with Crippen LogP contribution in [-0.2, 0) is 14.8 Å². The number of benzene rings is 1. The summed E-state index contributed by atoms with van der Waals surface area (Å²) in [6, 6.07) is 9.18. The van der Waals surface area contributed by atoms with E-state index in [1.54, 1.807) is 30.3 Å². The fourth-order valence-corrected chi connectivity index (χ4v) is 6.12. The molecule has 2 aliphatic rings. The number of amides is 1. The standard InChI is InChI=1S/C22H35N3O3S/c1-2-20-11-6-7-15-24(20)16-9-14-23-22(26)19-10-8-17-25(18-19)29(27,28)21-12-4-3-5-13-21/h3-5,12-13,19-20H,2,6-11,14-18H2,1H3,(H,23,26)/t19-,20-/m1/s1. The van der Waals surface area contributed by atoms with Gasteiger partial charge in [-0.05, 0) is 57.2 Å². The third-order valence-corrected chi connectivity index (χ3v) is 8.16. The van der Waals surface area contributed by atoms with Gasteiger partial charge in [-0.15, -0.1) is 0 Å². The summed E-state index contributed by atoms with van der Waals surface area (Å²) in [6.45, 7) is 5.86. The van der Waals surface area contributed by atoms with Gasteiger partial charge in [-0.2, -0.15) is 4.31 Å². The van der Waals surface area contributed by atoms with Gasteiger partial charge in [0.1, 0.15) is 0 Å². The number of likely N-dealkylation sites (tertiary alicyclic amines) is 1. The Kier molecular flexibility index (Phi) is 8.09. The van der Waals surface area contributed by atoms with Crippen LogP contribution in [-0.4, -0.2) is 62.3 Å². The van der Waals surface area contributed by atoms with Crippen LogP contribution in [0.5, 0.6) is 0 Å². The zero-order valence-electron chi connectivity index (χ0n) is 17.6. The minimum Gasteiger partial charge on any atom is -0.356 e. The van der Waals surface area contributed by atoms with Crippen molar-refractivity contribution in [3.05, 3.63) is 30.3 Å². The summed E-state index contributed by atoms with van der Waals surface area (Å²) in [5.41, 5.74) is 0. The van der Waals surface area contributed by atoms with Crippen LogP contribution in [0.2, 0.25) is 0 Å². The average Bonchev–Trinajstić information content (AvgIpc) is 2.77. The zero-order valence-corrected chi connectivity index (χ0v) is 18.4. The van der Waals surface area contributed by atoms with Crippen LogP contribution in [0, 0.1) is 5.92 Å². The van der Waals surface area contributed by atoms with Gasteiger partial charge >= 0.3 is 0 Å². The van der Waals surface area contributed by atoms with E-state index in [0.717, 1.165) is 25.8 Å². The van der Waals surface area contributed by atoms with Crippen molar-refractivity contribution in [2.75, 3.05) is 32.7 Å². The second-order valence-corrected chi connectivity index (χ2v) is 10.2. The Morgan fingerprint density at radius 2 is 1.90 bits per heavy atom. The van der Waals surface area contributed by atoms with Crippen LogP contribution in [0.4, 0.5) is 0 Å². The van der Waals surface area contributed by atoms with Gasteiger partial charge < -0.3 is 10.2 Å². The number of piperidine rings is 2. The Morgan fingerprint density at radius 3 is 2.66 bits per heavy atom. The second kappa shape index (κ2) is 10.5. The molecule has 162 valence electrons. The molecule has 7 heteroatoms. The van der Waals surface area contributed by atoms with E-state index in [9.17, 15) is 13.2 Å². The third-order valence-electron chi connectivity index (χ3n) is 6.28. The summed E-state index contributed by atoms with van der Waals surface area (Å²) in [5.74, 6) is -0.274. The first-order chi connectivity index (χ1) is 14.0. The smallest absolute Gasteiger partial charge is 0.243 e. The monoisotopic (exact) mass is 421 g/mol. The molecule has 2 aliphatic heterocycles. The number of rotatable bonds is 8. The van der Waals surface area contributed by atoms with Gasteiger partial charge in [-0.3, -0.25) is 4.79 Å². The minimum absolute atomic E-state index is 0.0105. The van der Waals surface area contributed by atoms with E-state index in [0.29, 0.717) is 24.0 Å². The first-order valence-electron chi connectivity index (χ1n) is 11.1. The molecule has 1 amide bonds. The number of carbonyl (C=O) groups excluding carboxylic acids is 1. The number of sulfonamides is 1. The van der Waals surface area contributed by atoms with E-state index in [1.165, 1.54) is 36.5 Å². The first kappa shape index (κ1) is 22.2. The van der Waals surface area contributed by atoms with E-state index >= 15 is 0 Å². The summed E-state index contributed by atoms with van der Waals surface area (Å²) in [7, 11) is -3.53. The highest BCUT2D eigenvalue weighted by atomic mass is 32.2. The summed E-state index contributed by atoms with van der Waals surface area (Å²) in [4.78, 5) is 15.5. The van der Waals surface area contributed by atoms with Crippen LogP contribution in [0.3, 0.4) is 0 Å². The van der Waals surface area contributed by atoms with Crippen molar-refractivity contribution in [2.45, 2.75) is 62.8 Å². The fourth-order valence-electron chi connectivity index (χ4n) is 4.57. The van der Waals surface area contributed by atoms with Crippen molar-refractivity contribution in [1.29, 1.82) is 0 Å². The maximum absolute atomic E-state index is 12.8. The Bertz CT molecular complexity index is 754. The van der Waals surface area contributed by atoms with Gasteiger partial charge in [-0.1, -0.05) is 31.5 Å². The average molecular weight is 422 g/mol. The molecular formula is C22H35N3O3S. The molecule has 0 radical (unpaired) electrons. The highest BCUT2D eigenvalue weighted by Crippen LogP contribution is 2.24. The zero-order chi connectivity index (χ0) is 20.7. The summed E-state index contributed by atoms with van der Waals surface area (Å²) >= 11 is 0. The third kappa shape index (κ3) is 5.80. The molecule has 0 aliphatic carbocycles. The lowest BCUT2D eigenvalue weighted by molar-refractivity contribution is -0.126. The number of hydrogen-bond acceptors (Lipinski definition) is 4.